The van der Waals surface area contributed by atoms with Gasteiger partial charge in [0, 0.05) is 19.1 Å². The van der Waals surface area contributed by atoms with E-state index in [1.165, 1.54) is 0 Å². The Morgan fingerprint density at radius 2 is 2.00 bits per heavy atom. The van der Waals surface area contributed by atoms with E-state index < -0.39 is 10.0 Å². The van der Waals surface area contributed by atoms with Gasteiger partial charge in [-0.25, -0.2) is 8.42 Å². The topological polar surface area (TPSA) is 60.9 Å². The number of nitrogens with zero attached hydrogens (tertiary/aromatic N) is 2. The maximum Gasteiger partial charge on any atom is 0.243 e. The first kappa shape index (κ1) is 16.4. The third kappa shape index (κ3) is 3.13. The molecular formula is C15H24N2O3S. The summed E-state index contributed by atoms with van der Waals surface area (Å²) in [6.45, 7) is 4.84. The molecule has 2 unspecified atom stereocenters. The SMILES string of the molecule is Cc1ccc(S(=O)(=O)N2CC(C)C(N(C)C)C2)cc1CO. The molecule has 0 saturated carbocycles. The molecule has 1 aromatic rings. The van der Waals surface area contributed by atoms with E-state index in [9.17, 15) is 13.5 Å². The van der Waals surface area contributed by atoms with Crippen molar-refractivity contribution in [2.45, 2.75) is 31.4 Å². The van der Waals surface area contributed by atoms with Crippen molar-refractivity contribution >= 4 is 10.0 Å². The van der Waals surface area contributed by atoms with Crippen LogP contribution in [0, 0.1) is 12.8 Å². The largest absolute Gasteiger partial charge is 0.392 e. The number of sulfonamides is 1. The van der Waals surface area contributed by atoms with Gasteiger partial charge >= 0.3 is 0 Å². The molecule has 6 heteroatoms. The lowest BCUT2D eigenvalue weighted by atomic mass is 10.1. The molecule has 0 aromatic heterocycles. The van der Waals surface area contributed by atoms with Gasteiger partial charge in [-0.2, -0.15) is 4.31 Å². The average molecular weight is 312 g/mol. The molecular weight excluding hydrogens is 288 g/mol. The van der Waals surface area contributed by atoms with E-state index in [1.54, 1.807) is 22.5 Å². The summed E-state index contributed by atoms with van der Waals surface area (Å²) in [4.78, 5) is 2.35. The maximum atomic E-state index is 12.8. The lowest BCUT2D eigenvalue weighted by molar-refractivity contribution is 0.263. The highest BCUT2D eigenvalue weighted by molar-refractivity contribution is 7.89. The summed E-state index contributed by atoms with van der Waals surface area (Å²) in [6.07, 6.45) is 0. The number of rotatable bonds is 4. The lowest BCUT2D eigenvalue weighted by Gasteiger charge is -2.22. The lowest BCUT2D eigenvalue weighted by Crippen LogP contribution is -2.35. The van der Waals surface area contributed by atoms with Gasteiger partial charge in [0.2, 0.25) is 10.0 Å². The molecule has 1 heterocycles. The van der Waals surface area contributed by atoms with Crippen LogP contribution in [0.25, 0.3) is 0 Å². The first-order chi connectivity index (χ1) is 9.77. The van der Waals surface area contributed by atoms with Gasteiger partial charge in [-0.15, -0.1) is 0 Å². The van der Waals surface area contributed by atoms with E-state index in [2.05, 4.69) is 11.8 Å². The smallest absolute Gasteiger partial charge is 0.243 e. The van der Waals surface area contributed by atoms with Gasteiger partial charge < -0.3 is 10.0 Å². The minimum Gasteiger partial charge on any atom is -0.392 e. The number of benzene rings is 1. The summed E-state index contributed by atoms with van der Waals surface area (Å²) in [5.74, 6) is 0.303. The Hall–Kier alpha value is -0.950. The highest BCUT2D eigenvalue weighted by atomic mass is 32.2. The Morgan fingerprint density at radius 3 is 2.52 bits per heavy atom. The van der Waals surface area contributed by atoms with Crippen LogP contribution >= 0.6 is 0 Å². The summed E-state index contributed by atoms with van der Waals surface area (Å²) in [7, 11) is 0.467. The minimum absolute atomic E-state index is 0.147. The fraction of sp³-hybridized carbons (Fsp3) is 0.600. The molecule has 1 aromatic carbocycles. The monoisotopic (exact) mass is 312 g/mol. The summed E-state index contributed by atoms with van der Waals surface area (Å²) in [5.41, 5.74) is 1.56. The fourth-order valence-corrected chi connectivity index (χ4v) is 4.51. The first-order valence-corrected chi connectivity index (χ1v) is 8.58. The van der Waals surface area contributed by atoms with Gasteiger partial charge in [0.1, 0.15) is 0 Å². The average Bonchev–Trinajstić information content (AvgIpc) is 2.82. The zero-order valence-corrected chi connectivity index (χ0v) is 13.9. The van der Waals surface area contributed by atoms with Gasteiger partial charge in [0.25, 0.3) is 0 Å². The summed E-state index contributed by atoms with van der Waals surface area (Å²) >= 11 is 0. The second-order valence-corrected chi connectivity index (χ2v) is 8.01. The molecule has 0 spiro atoms. The van der Waals surface area contributed by atoms with Crippen molar-refractivity contribution in [3.63, 3.8) is 0 Å². The number of aliphatic hydroxyl groups is 1. The van der Waals surface area contributed by atoms with Crippen molar-refractivity contribution in [3.8, 4) is 0 Å². The van der Waals surface area contributed by atoms with E-state index in [1.807, 2.05) is 21.0 Å². The Labute approximate surface area is 127 Å². The van der Waals surface area contributed by atoms with Crippen LogP contribution in [0.1, 0.15) is 18.1 Å². The van der Waals surface area contributed by atoms with Crippen LogP contribution in [0.5, 0.6) is 0 Å². The van der Waals surface area contributed by atoms with Crippen molar-refractivity contribution in [2.24, 2.45) is 5.92 Å². The molecule has 0 radical (unpaired) electrons. The molecule has 1 aliphatic heterocycles. The number of likely N-dealkylation sites (N-methyl/N-ethyl adjacent to an activating group) is 1. The molecule has 2 atom stereocenters. The predicted octanol–water partition coefficient (Wildman–Crippen LogP) is 1.06. The molecule has 1 N–H and O–H groups in total. The molecule has 0 amide bonds. The minimum atomic E-state index is -3.49. The van der Waals surface area contributed by atoms with E-state index in [4.69, 9.17) is 0 Å². The van der Waals surface area contributed by atoms with Crippen LogP contribution in [0.2, 0.25) is 0 Å². The van der Waals surface area contributed by atoms with Crippen LogP contribution in [0.4, 0.5) is 0 Å². The Kier molecular flexibility index (Phi) is 4.72. The molecule has 0 bridgehead atoms. The highest BCUT2D eigenvalue weighted by Gasteiger charge is 2.38. The van der Waals surface area contributed by atoms with Crippen LogP contribution in [0.3, 0.4) is 0 Å². The van der Waals surface area contributed by atoms with Crippen molar-refractivity contribution in [3.05, 3.63) is 29.3 Å². The zero-order valence-electron chi connectivity index (χ0n) is 13.1. The summed E-state index contributed by atoms with van der Waals surface area (Å²) in [6, 6.07) is 5.19. The predicted molar refractivity (Wildman–Crippen MR) is 82.5 cm³/mol. The van der Waals surface area contributed by atoms with Gasteiger partial charge in [-0.3, -0.25) is 0 Å². The molecule has 21 heavy (non-hydrogen) atoms. The summed E-state index contributed by atoms with van der Waals surface area (Å²) in [5, 5.41) is 9.32. The van der Waals surface area contributed by atoms with E-state index >= 15 is 0 Å². The van der Waals surface area contributed by atoms with Gasteiger partial charge in [0.05, 0.1) is 11.5 Å². The second-order valence-electron chi connectivity index (χ2n) is 6.08. The molecule has 0 aliphatic carbocycles. The van der Waals surface area contributed by atoms with Gasteiger partial charge in [-0.1, -0.05) is 13.0 Å². The van der Waals surface area contributed by atoms with Crippen molar-refractivity contribution in [1.82, 2.24) is 9.21 Å². The van der Waals surface area contributed by atoms with Crippen molar-refractivity contribution < 1.29 is 13.5 Å². The molecule has 2 rings (SSSR count). The van der Waals surface area contributed by atoms with E-state index in [0.29, 0.717) is 24.6 Å². The van der Waals surface area contributed by atoms with E-state index in [-0.39, 0.29) is 17.5 Å². The second kappa shape index (κ2) is 6.04. The van der Waals surface area contributed by atoms with Gasteiger partial charge in [0.15, 0.2) is 0 Å². The standard InChI is InChI=1S/C15H24N2O3S/c1-11-5-6-14(7-13(11)10-18)21(19,20)17-8-12(2)15(9-17)16(3)4/h5-7,12,15,18H,8-10H2,1-4H3. The van der Waals surface area contributed by atoms with Gasteiger partial charge in [-0.05, 0) is 50.2 Å². The van der Waals surface area contributed by atoms with Crippen LogP contribution in [-0.2, 0) is 16.6 Å². The van der Waals surface area contributed by atoms with Crippen molar-refractivity contribution in [2.75, 3.05) is 27.2 Å². The molecule has 118 valence electrons. The molecule has 1 fully saturated rings. The molecule has 1 aliphatic rings. The quantitative estimate of drug-likeness (QED) is 0.903. The number of hydrogen-bond donors (Lipinski definition) is 1. The maximum absolute atomic E-state index is 12.8. The summed E-state index contributed by atoms with van der Waals surface area (Å²) < 4.78 is 27.1. The highest BCUT2D eigenvalue weighted by Crippen LogP contribution is 2.27. The molecule has 1 saturated heterocycles. The van der Waals surface area contributed by atoms with Crippen molar-refractivity contribution in [1.29, 1.82) is 0 Å². The third-order valence-electron chi connectivity index (χ3n) is 4.33. The van der Waals surface area contributed by atoms with Crippen LogP contribution in [-0.4, -0.2) is 56.0 Å². The Balaban J connectivity index is 2.31. The van der Waals surface area contributed by atoms with E-state index in [0.717, 1.165) is 5.56 Å². The fourth-order valence-electron chi connectivity index (χ4n) is 2.90. The Morgan fingerprint density at radius 1 is 1.33 bits per heavy atom. The normalized spacial score (nSPS) is 23.9. The first-order valence-electron chi connectivity index (χ1n) is 7.14. The van der Waals surface area contributed by atoms with Crippen LogP contribution in [0.15, 0.2) is 23.1 Å². The number of aliphatic hydroxyl groups excluding tert-OH is 1. The Bertz CT molecular complexity index is 613. The van der Waals surface area contributed by atoms with Crippen LogP contribution < -0.4 is 0 Å². The zero-order chi connectivity index (χ0) is 15.8. The molecule has 5 nitrogen and oxygen atoms in total. The number of aryl methyl sites for hydroxylation is 1. The third-order valence-corrected chi connectivity index (χ3v) is 6.16. The number of hydrogen-bond acceptors (Lipinski definition) is 4.